The third-order valence-electron chi connectivity index (χ3n) is 4.91. The van der Waals surface area contributed by atoms with Crippen LogP contribution in [-0.4, -0.2) is 51.3 Å². The van der Waals surface area contributed by atoms with E-state index in [1.807, 2.05) is 6.08 Å². The van der Waals surface area contributed by atoms with E-state index in [1.165, 1.54) is 38.5 Å². The first-order valence-corrected chi connectivity index (χ1v) is 9.27. The molecule has 1 saturated carbocycles. The van der Waals surface area contributed by atoms with E-state index in [1.54, 1.807) is 7.11 Å². The van der Waals surface area contributed by atoms with Crippen molar-refractivity contribution in [3.63, 3.8) is 0 Å². The number of unbranched alkanes of at least 4 members (excludes halogenated alkanes) is 3. The molecule has 5 heteroatoms. The van der Waals surface area contributed by atoms with E-state index >= 15 is 0 Å². The molecule has 1 fully saturated rings. The van der Waals surface area contributed by atoms with Gasteiger partial charge in [0.1, 0.15) is 0 Å². The molecule has 0 aliphatic heterocycles. The van der Waals surface area contributed by atoms with Gasteiger partial charge in [0.05, 0.1) is 0 Å². The molecule has 0 atom stereocenters. The number of nitrogens with one attached hydrogen (secondary N) is 1. The van der Waals surface area contributed by atoms with Gasteiger partial charge in [-0.1, -0.05) is 18.9 Å². The minimum atomic E-state index is 0. The molecule has 0 bridgehead atoms. The van der Waals surface area contributed by atoms with Crippen molar-refractivity contribution in [2.75, 3.05) is 40.4 Å². The standard InChI is InChI=1S/C19H37N3O.HI/c1-5-7-8-9-10-15-22(3)18(20-6-2)21-17-19(12-11-13-19)14-16-23-4;/h5H,1,6-17H2,2-4H3,(H,20,21);1H. The second kappa shape index (κ2) is 13.9. The molecule has 0 aromatic carbocycles. The highest BCUT2D eigenvalue weighted by molar-refractivity contribution is 14.0. The van der Waals surface area contributed by atoms with Crippen molar-refractivity contribution in [1.82, 2.24) is 10.2 Å². The predicted octanol–water partition coefficient (Wildman–Crippen LogP) is 4.45. The van der Waals surface area contributed by atoms with Gasteiger partial charge in [-0.3, -0.25) is 4.99 Å². The number of rotatable bonds is 12. The van der Waals surface area contributed by atoms with Crippen LogP contribution in [0.2, 0.25) is 0 Å². The van der Waals surface area contributed by atoms with Gasteiger partial charge in [-0.2, -0.15) is 0 Å². The van der Waals surface area contributed by atoms with Crippen molar-refractivity contribution in [2.24, 2.45) is 10.4 Å². The van der Waals surface area contributed by atoms with Gasteiger partial charge in [0, 0.05) is 40.4 Å². The molecule has 4 nitrogen and oxygen atoms in total. The normalized spacial score (nSPS) is 16.0. The van der Waals surface area contributed by atoms with Gasteiger partial charge in [-0.05, 0) is 50.9 Å². The second-order valence-electron chi connectivity index (χ2n) is 6.83. The van der Waals surface area contributed by atoms with Gasteiger partial charge in [-0.15, -0.1) is 30.6 Å². The second-order valence-corrected chi connectivity index (χ2v) is 6.83. The van der Waals surface area contributed by atoms with Crippen LogP contribution in [0.15, 0.2) is 17.6 Å². The SMILES string of the molecule is C=CCCCCCN(C)C(=NCC1(CCOC)CCC1)NCC.I. The summed E-state index contributed by atoms with van der Waals surface area (Å²) in [7, 11) is 3.94. The molecule has 0 aromatic rings. The van der Waals surface area contributed by atoms with Crippen molar-refractivity contribution in [2.45, 2.75) is 58.3 Å². The highest BCUT2D eigenvalue weighted by Gasteiger charge is 2.36. The lowest BCUT2D eigenvalue weighted by atomic mass is 9.67. The molecule has 1 N–H and O–H groups in total. The first-order valence-electron chi connectivity index (χ1n) is 9.27. The van der Waals surface area contributed by atoms with Gasteiger partial charge >= 0.3 is 0 Å². The lowest BCUT2D eigenvalue weighted by Crippen LogP contribution is -2.41. The van der Waals surface area contributed by atoms with Gasteiger partial charge in [-0.25, -0.2) is 0 Å². The summed E-state index contributed by atoms with van der Waals surface area (Å²) >= 11 is 0. The summed E-state index contributed by atoms with van der Waals surface area (Å²) in [5.74, 6) is 1.06. The number of halogens is 1. The maximum absolute atomic E-state index is 5.28. The fraction of sp³-hybridized carbons (Fsp3) is 0.842. The lowest BCUT2D eigenvalue weighted by Gasteiger charge is -2.41. The van der Waals surface area contributed by atoms with Crippen molar-refractivity contribution < 1.29 is 4.74 Å². The Morgan fingerprint density at radius 3 is 2.62 bits per heavy atom. The maximum atomic E-state index is 5.28. The Bertz CT molecular complexity index is 357. The zero-order valence-electron chi connectivity index (χ0n) is 16.0. The van der Waals surface area contributed by atoms with Crippen molar-refractivity contribution in [3.05, 3.63) is 12.7 Å². The fourth-order valence-electron chi connectivity index (χ4n) is 3.12. The van der Waals surface area contributed by atoms with Crippen LogP contribution < -0.4 is 5.32 Å². The first-order chi connectivity index (χ1) is 11.2. The summed E-state index contributed by atoms with van der Waals surface area (Å²) in [6, 6.07) is 0. The number of ether oxygens (including phenoxy) is 1. The summed E-state index contributed by atoms with van der Waals surface area (Å²) in [5.41, 5.74) is 0.390. The van der Waals surface area contributed by atoms with Crippen LogP contribution in [0.25, 0.3) is 0 Å². The highest BCUT2D eigenvalue weighted by atomic mass is 127. The zero-order valence-corrected chi connectivity index (χ0v) is 18.3. The van der Waals surface area contributed by atoms with E-state index < -0.39 is 0 Å². The molecule has 142 valence electrons. The summed E-state index contributed by atoms with van der Waals surface area (Å²) in [5, 5.41) is 3.44. The molecule has 1 rings (SSSR count). The van der Waals surface area contributed by atoms with Gasteiger partial charge in [0.25, 0.3) is 0 Å². The molecule has 0 spiro atoms. The maximum Gasteiger partial charge on any atom is 0.193 e. The quantitative estimate of drug-likeness (QED) is 0.157. The molecule has 1 aliphatic rings. The average molecular weight is 451 g/mol. The minimum absolute atomic E-state index is 0. The summed E-state index contributed by atoms with van der Waals surface area (Å²) in [6.45, 7) is 9.68. The zero-order chi connectivity index (χ0) is 17.0. The smallest absolute Gasteiger partial charge is 0.193 e. The molecular formula is C19H38IN3O. The van der Waals surface area contributed by atoms with Crippen molar-refractivity contribution in [3.8, 4) is 0 Å². The molecule has 24 heavy (non-hydrogen) atoms. The van der Waals surface area contributed by atoms with E-state index in [2.05, 4.69) is 30.8 Å². The highest BCUT2D eigenvalue weighted by Crippen LogP contribution is 2.44. The van der Waals surface area contributed by atoms with Crippen LogP contribution in [0.4, 0.5) is 0 Å². The number of methoxy groups -OCH3 is 1. The van der Waals surface area contributed by atoms with Crippen LogP contribution in [0.3, 0.4) is 0 Å². The first kappa shape index (κ1) is 23.7. The Hall–Kier alpha value is -0.300. The van der Waals surface area contributed by atoms with Gasteiger partial charge in [0.15, 0.2) is 5.96 Å². The third kappa shape index (κ3) is 8.70. The van der Waals surface area contributed by atoms with Crippen LogP contribution in [0.1, 0.15) is 58.3 Å². The number of allylic oxidation sites excluding steroid dienone is 1. The lowest BCUT2D eigenvalue weighted by molar-refractivity contribution is 0.0776. The summed E-state index contributed by atoms with van der Waals surface area (Å²) in [6.07, 6.45) is 11.9. The number of hydrogen-bond acceptors (Lipinski definition) is 2. The van der Waals surface area contributed by atoms with Gasteiger partial charge in [0.2, 0.25) is 0 Å². The Morgan fingerprint density at radius 2 is 2.08 bits per heavy atom. The summed E-state index contributed by atoms with van der Waals surface area (Å²) in [4.78, 5) is 7.21. The molecule has 0 saturated heterocycles. The number of guanidine groups is 1. The largest absolute Gasteiger partial charge is 0.385 e. The van der Waals surface area contributed by atoms with Crippen LogP contribution in [0, 0.1) is 5.41 Å². The van der Waals surface area contributed by atoms with E-state index in [0.717, 1.165) is 45.0 Å². The van der Waals surface area contributed by atoms with E-state index in [9.17, 15) is 0 Å². The molecule has 1 aliphatic carbocycles. The monoisotopic (exact) mass is 451 g/mol. The molecular weight excluding hydrogens is 413 g/mol. The van der Waals surface area contributed by atoms with Crippen molar-refractivity contribution in [1.29, 1.82) is 0 Å². The van der Waals surface area contributed by atoms with Crippen LogP contribution >= 0.6 is 24.0 Å². The Morgan fingerprint density at radius 1 is 1.33 bits per heavy atom. The third-order valence-corrected chi connectivity index (χ3v) is 4.91. The predicted molar refractivity (Wildman–Crippen MR) is 115 cm³/mol. The Balaban J connectivity index is 0.00000529. The topological polar surface area (TPSA) is 36.9 Å². The molecule has 0 amide bonds. The summed E-state index contributed by atoms with van der Waals surface area (Å²) < 4.78 is 5.28. The molecule has 0 heterocycles. The Kier molecular flexibility index (Phi) is 13.8. The van der Waals surface area contributed by atoms with Crippen LogP contribution in [0.5, 0.6) is 0 Å². The molecule has 0 aromatic heterocycles. The Labute approximate surface area is 166 Å². The van der Waals surface area contributed by atoms with Crippen molar-refractivity contribution >= 4 is 29.9 Å². The molecule has 0 radical (unpaired) electrons. The van der Waals surface area contributed by atoms with E-state index in [-0.39, 0.29) is 24.0 Å². The van der Waals surface area contributed by atoms with E-state index in [4.69, 9.17) is 9.73 Å². The number of aliphatic imine (C=N–C) groups is 1. The number of nitrogens with zero attached hydrogens (tertiary/aromatic N) is 2. The van der Waals surface area contributed by atoms with E-state index in [0.29, 0.717) is 5.41 Å². The van der Waals surface area contributed by atoms with Gasteiger partial charge < -0.3 is 15.0 Å². The number of hydrogen-bond donors (Lipinski definition) is 1. The molecule has 0 unspecified atom stereocenters. The fourth-order valence-corrected chi connectivity index (χ4v) is 3.12. The van der Waals surface area contributed by atoms with Crippen LogP contribution in [-0.2, 0) is 4.74 Å². The average Bonchev–Trinajstić information content (AvgIpc) is 2.52. The minimum Gasteiger partial charge on any atom is -0.385 e.